The molecule has 2 aromatic heterocycles. The van der Waals surface area contributed by atoms with E-state index in [2.05, 4.69) is 97.1 Å². The average molecular weight is 622 g/mol. The summed E-state index contributed by atoms with van der Waals surface area (Å²) in [5.41, 5.74) is 11.6. The fourth-order valence-corrected chi connectivity index (χ4v) is 6.28. The van der Waals surface area contributed by atoms with E-state index in [9.17, 15) is 0 Å². The lowest BCUT2D eigenvalue weighted by atomic mass is 9.91. The van der Waals surface area contributed by atoms with Crippen molar-refractivity contribution >= 4 is 22.4 Å². The van der Waals surface area contributed by atoms with Crippen LogP contribution in [0, 0.1) is 0 Å². The molecule has 0 saturated heterocycles. The van der Waals surface area contributed by atoms with Gasteiger partial charge >= 0.3 is 0 Å². The van der Waals surface area contributed by atoms with E-state index in [-0.39, 0.29) is 0 Å². The van der Waals surface area contributed by atoms with Crippen LogP contribution >= 0.6 is 11.6 Å². The van der Waals surface area contributed by atoms with Gasteiger partial charge in [-0.3, -0.25) is 4.98 Å². The Morgan fingerprint density at radius 1 is 0.340 bits per heavy atom. The predicted molar refractivity (Wildman–Crippen MR) is 195 cm³/mol. The molecule has 0 bridgehead atoms. The van der Waals surface area contributed by atoms with E-state index in [0.29, 0.717) is 0 Å². The molecule has 6 aromatic carbocycles. The number of aromatic nitrogens is 3. The van der Waals surface area contributed by atoms with Crippen molar-refractivity contribution in [3.05, 3.63) is 175 Å². The average Bonchev–Trinajstić information content (AvgIpc) is 3.15. The fraction of sp³-hybridized carbons (Fsp3) is 0. The van der Waals surface area contributed by atoms with E-state index < -0.39 is 0 Å². The summed E-state index contributed by atoms with van der Waals surface area (Å²) in [5, 5.41) is 3.13. The van der Waals surface area contributed by atoms with Gasteiger partial charge in [-0.2, -0.15) is 0 Å². The Hall–Kier alpha value is -5.90. The molecule has 0 saturated carbocycles. The van der Waals surface area contributed by atoms with Gasteiger partial charge in [0.1, 0.15) is 5.69 Å². The molecule has 4 heteroatoms. The fourth-order valence-electron chi connectivity index (χ4n) is 6.15. The van der Waals surface area contributed by atoms with Gasteiger partial charge in [0.05, 0.1) is 22.8 Å². The van der Waals surface area contributed by atoms with E-state index >= 15 is 0 Å². The molecule has 0 aliphatic carbocycles. The predicted octanol–water partition coefficient (Wildman–Crippen LogP) is 11.7. The lowest BCUT2D eigenvalue weighted by Crippen LogP contribution is -2.01. The molecule has 0 aliphatic heterocycles. The minimum absolute atomic E-state index is 0.733. The van der Waals surface area contributed by atoms with Gasteiger partial charge < -0.3 is 0 Å². The van der Waals surface area contributed by atoms with Crippen LogP contribution in [0.4, 0.5) is 0 Å². The number of nitrogens with zero attached hydrogens (tertiary/aromatic N) is 3. The van der Waals surface area contributed by atoms with Crippen molar-refractivity contribution in [2.75, 3.05) is 0 Å². The Balaban J connectivity index is 1.28. The summed E-state index contributed by atoms with van der Waals surface area (Å²) in [4.78, 5) is 15.4. The summed E-state index contributed by atoms with van der Waals surface area (Å²) in [6.07, 6.45) is 1.80. The van der Waals surface area contributed by atoms with E-state index in [1.54, 1.807) is 6.20 Å². The maximum absolute atomic E-state index is 6.19. The molecule has 0 N–H and O–H groups in total. The van der Waals surface area contributed by atoms with E-state index in [4.69, 9.17) is 26.6 Å². The number of fused-ring (bicyclic) bond motifs is 1. The molecule has 0 radical (unpaired) electrons. The van der Waals surface area contributed by atoms with Gasteiger partial charge in [0.2, 0.25) is 0 Å². The highest BCUT2D eigenvalue weighted by molar-refractivity contribution is 6.30. The zero-order chi connectivity index (χ0) is 31.6. The minimum Gasteiger partial charge on any atom is -0.255 e. The minimum atomic E-state index is 0.733. The van der Waals surface area contributed by atoms with Crippen LogP contribution in [-0.2, 0) is 0 Å². The number of hydrogen-bond acceptors (Lipinski definition) is 3. The van der Waals surface area contributed by atoms with Crippen LogP contribution in [0.15, 0.2) is 170 Å². The van der Waals surface area contributed by atoms with Crippen molar-refractivity contribution in [3.63, 3.8) is 0 Å². The summed E-state index contributed by atoms with van der Waals surface area (Å²) in [5.74, 6) is 0. The molecule has 0 aliphatic rings. The van der Waals surface area contributed by atoms with Crippen molar-refractivity contribution < 1.29 is 0 Å². The first kappa shape index (κ1) is 28.6. The summed E-state index contributed by atoms with van der Waals surface area (Å²) < 4.78 is 0. The molecule has 0 unspecified atom stereocenters. The third-order valence-electron chi connectivity index (χ3n) is 8.45. The van der Waals surface area contributed by atoms with Gasteiger partial charge in [-0.05, 0) is 57.3 Å². The third kappa shape index (κ3) is 5.58. The standard InChI is InChI=1S/C43H28ClN3/c44-34-24-22-30(23-25-34)36-27-26-35(37-15-7-8-16-38(36)37)29-18-20-33(21-19-29)42-43(39-17-9-10-28-45-39)47-41(32-13-5-2-6-14-32)40(46-42)31-11-3-1-4-12-31/h1-28H. The van der Waals surface area contributed by atoms with Gasteiger partial charge in [-0.25, -0.2) is 9.97 Å². The maximum Gasteiger partial charge on any atom is 0.116 e. The number of pyridine rings is 1. The molecular formula is C43H28ClN3. The van der Waals surface area contributed by atoms with Gasteiger partial charge in [0.25, 0.3) is 0 Å². The van der Waals surface area contributed by atoms with Crippen LogP contribution in [-0.4, -0.2) is 15.0 Å². The molecule has 0 atom stereocenters. The van der Waals surface area contributed by atoms with E-state index in [1.165, 1.54) is 21.9 Å². The molecule has 3 nitrogen and oxygen atoms in total. The zero-order valence-corrected chi connectivity index (χ0v) is 26.1. The zero-order valence-electron chi connectivity index (χ0n) is 25.4. The van der Waals surface area contributed by atoms with Crippen LogP contribution < -0.4 is 0 Å². The van der Waals surface area contributed by atoms with E-state index in [1.807, 2.05) is 66.7 Å². The van der Waals surface area contributed by atoms with Crippen molar-refractivity contribution in [1.29, 1.82) is 0 Å². The summed E-state index contributed by atoms with van der Waals surface area (Å²) in [6, 6.07) is 56.1. The highest BCUT2D eigenvalue weighted by atomic mass is 35.5. The van der Waals surface area contributed by atoms with E-state index in [0.717, 1.165) is 61.3 Å². The lowest BCUT2D eigenvalue weighted by Gasteiger charge is -2.16. The SMILES string of the molecule is Clc1ccc(-c2ccc(-c3ccc(-c4nc(-c5ccccc5)c(-c5ccccc5)nc4-c4ccccn4)cc3)c3ccccc23)cc1. The largest absolute Gasteiger partial charge is 0.255 e. The van der Waals surface area contributed by atoms with Crippen LogP contribution in [0.25, 0.3) is 78.2 Å². The van der Waals surface area contributed by atoms with Crippen LogP contribution in [0.2, 0.25) is 5.02 Å². The van der Waals surface area contributed by atoms with Gasteiger partial charge in [0.15, 0.2) is 0 Å². The Morgan fingerprint density at radius 3 is 1.30 bits per heavy atom. The van der Waals surface area contributed by atoms with Gasteiger partial charge in [0, 0.05) is 27.9 Å². The van der Waals surface area contributed by atoms with Crippen LogP contribution in [0.5, 0.6) is 0 Å². The smallest absolute Gasteiger partial charge is 0.116 e. The lowest BCUT2D eigenvalue weighted by molar-refractivity contribution is 1.19. The number of halogens is 1. The second-order valence-corrected chi connectivity index (χ2v) is 11.8. The summed E-state index contributed by atoms with van der Waals surface area (Å²) in [6.45, 7) is 0. The molecule has 222 valence electrons. The highest BCUT2D eigenvalue weighted by Crippen LogP contribution is 2.39. The number of benzene rings is 6. The summed E-state index contributed by atoms with van der Waals surface area (Å²) >= 11 is 6.19. The quantitative estimate of drug-likeness (QED) is 0.185. The van der Waals surface area contributed by atoms with Crippen molar-refractivity contribution in [1.82, 2.24) is 15.0 Å². The third-order valence-corrected chi connectivity index (χ3v) is 8.70. The highest BCUT2D eigenvalue weighted by Gasteiger charge is 2.20. The maximum atomic E-state index is 6.19. The van der Waals surface area contributed by atoms with Crippen molar-refractivity contribution in [2.45, 2.75) is 0 Å². The van der Waals surface area contributed by atoms with Crippen LogP contribution in [0.3, 0.4) is 0 Å². The number of hydrogen-bond donors (Lipinski definition) is 0. The Labute approximate surface area is 278 Å². The Kier molecular flexibility index (Phi) is 7.58. The molecular weight excluding hydrogens is 594 g/mol. The normalized spacial score (nSPS) is 11.1. The second kappa shape index (κ2) is 12.5. The molecule has 47 heavy (non-hydrogen) atoms. The van der Waals surface area contributed by atoms with Gasteiger partial charge in [-0.1, -0.05) is 151 Å². The monoisotopic (exact) mass is 621 g/mol. The molecule has 8 rings (SSSR count). The molecule has 0 spiro atoms. The van der Waals surface area contributed by atoms with Crippen molar-refractivity contribution in [2.24, 2.45) is 0 Å². The topological polar surface area (TPSA) is 38.7 Å². The second-order valence-electron chi connectivity index (χ2n) is 11.4. The van der Waals surface area contributed by atoms with Crippen LogP contribution in [0.1, 0.15) is 0 Å². The molecule has 0 fully saturated rings. The molecule has 2 heterocycles. The number of rotatable bonds is 6. The Morgan fingerprint density at radius 2 is 0.766 bits per heavy atom. The molecule has 0 amide bonds. The first-order valence-corrected chi connectivity index (χ1v) is 15.9. The molecule has 8 aromatic rings. The Bertz CT molecular complexity index is 2320. The summed E-state index contributed by atoms with van der Waals surface area (Å²) in [7, 11) is 0. The van der Waals surface area contributed by atoms with Crippen molar-refractivity contribution in [3.8, 4) is 67.4 Å². The van der Waals surface area contributed by atoms with Gasteiger partial charge in [-0.15, -0.1) is 0 Å². The first-order chi connectivity index (χ1) is 23.2. The first-order valence-electron chi connectivity index (χ1n) is 15.6.